The molecule has 1 amide bonds. The molecule has 0 spiro atoms. The fourth-order valence-corrected chi connectivity index (χ4v) is 3.87. The summed E-state index contributed by atoms with van der Waals surface area (Å²) in [4.78, 5) is 14.0. The van der Waals surface area contributed by atoms with Crippen molar-refractivity contribution in [2.45, 2.75) is 50.4 Å². The lowest BCUT2D eigenvalue weighted by atomic mass is 10.2. The Morgan fingerprint density at radius 2 is 2.33 bits per heavy atom. The van der Waals surface area contributed by atoms with E-state index in [1.807, 2.05) is 18.7 Å². The predicted molar refractivity (Wildman–Crippen MR) is 63.9 cm³/mol. The lowest BCUT2D eigenvalue weighted by molar-refractivity contribution is -0.130. The molecule has 0 aromatic rings. The van der Waals surface area contributed by atoms with Crippen LogP contribution in [0.1, 0.15) is 33.1 Å². The zero-order chi connectivity index (χ0) is 10.8. The molecular formula is C11H20N2OS. The molecule has 3 atom stereocenters. The first-order chi connectivity index (χ1) is 7.24. The summed E-state index contributed by atoms with van der Waals surface area (Å²) in [7, 11) is 0. The second kappa shape index (κ2) is 4.74. The fraction of sp³-hybridized carbons (Fsp3) is 0.909. The highest BCUT2D eigenvalue weighted by Crippen LogP contribution is 2.34. The van der Waals surface area contributed by atoms with E-state index in [9.17, 15) is 4.79 Å². The molecular weight excluding hydrogens is 208 g/mol. The molecule has 0 bridgehead atoms. The molecule has 0 aromatic heterocycles. The van der Waals surface area contributed by atoms with E-state index in [4.69, 9.17) is 0 Å². The number of hydrogen-bond acceptors (Lipinski definition) is 3. The normalized spacial score (nSPS) is 36.5. The smallest absolute Gasteiger partial charge is 0.240 e. The fourth-order valence-electron chi connectivity index (χ4n) is 2.60. The minimum absolute atomic E-state index is 0.0258. The van der Waals surface area contributed by atoms with Crippen molar-refractivity contribution < 1.29 is 4.79 Å². The molecule has 1 aliphatic heterocycles. The standard InChI is InChI=1S/C11H20N2OS/c1-3-15-10-6-4-5-9(10)13-7-12-8(2)11(13)14/h8-10,12H,3-7H2,1-2H3. The van der Waals surface area contributed by atoms with Crippen molar-refractivity contribution in [3.05, 3.63) is 0 Å². The summed E-state index contributed by atoms with van der Waals surface area (Å²) in [6.45, 7) is 4.91. The maximum absolute atomic E-state index is 11.9. The Bertz CT molecular complexity index is 247. The highest BCUT2D eigenvalue weighted by atomic mass is 32.2. The van der Waals surface area contributed by atoms with Crippen LogP contribution in [0.5, 0.6) is 0 Å². The third kappa shape index (κ3) is 2.16. The van der Waals surface area contributed by atoms with Gasteiger partial charge in [0.15, 0.2) is 0 Å². The molecule has 0 radical (unpaired) electrons. The van der Waals surface area contributed by atoms with Gasteiger partial charge in [0.1, 0.15) is 0 Å². The van der Waals surface area contributed by atoms with E-state index in [2.05, 4.69) is 17.1 Å². The zero-order valence-corrected chi connectivity index (χ0v) is 10.3. The van der Waals surface area contributed by atoms with Gasteiger partial charge in [-0.15, -0.1) is 0 Å². The molecule has 4 heteroatoms. The van der Waals surface area contributed by atoms with E-state index in [0.29, 0.717) is 17.2 Å². The summed E-state index contributed by atoms with van der Waals surface area (Å²) in [5, 5.41) is 3.90. The van der Waals surface area contributed by atoms with E-state index < -0.39 is 0 Å². The van der Waals surface area contributed by atoms with Gasteiger partial charge in [0.05, 0.1) is 12.7 Å². The van der Waals surface area contributed by atoms with E-state index in [1.54, 1.807) is 0 Å². The summed E-state index contributed by atoms with van der Waals surface area (Å²) in [6.07, 6.45) is 3.75. The molecule has 2 rings (SSSR count). The molecule has 3 unspecified atom stereocenters. The van der Waals surface area contributed by atoms with Crippen LogP contribution in [0.25, 0.3) is 0 Å². The van der Waals surface area contributed by atoms with Crippen LogP contribution in [-0.4, -0.2) is 40.6 Å². The van der Waals surface area contributed by atoms with Crippen LogP contribution >= 0.6 is 11.8 Å². The Morgan fingerprint density at radius 1 is 1.53 bits per heavy atom. The quantitative estimate of drug-likeness (QED) is 0.793. The average Bonchev–Trinajstić information content (AvgIpc) is 2.77. The van der Waals surface area contributed by atoms with Crippen molar-refractivity contribution in [2.24, 2.45) is 0 Å². The Labute approximate surface area is 96.0 Å². The number of hydrogen-bond donors (Lipinski definition) is 1. The van der Waals surface area contributed by atoms with Gasteiger partial charge in [0.2, 0.25) is 5.91 Å². The van der Waals surface area contributed by atoms with E-state index in [0.717, 1.165) is 12.4 Å². The monoisotopic (exact) mass is 228 g/mol. The molecule has 1 saturated carbocycles. The van der Waals surface area contributed by atoms with Gasteiger partial charge in [0.25, 0.3) is 0 Å². The Hall–Kier alpha value is -0.220. The predicted octanol–water partition coefficient (Wildman–Crippen LogP) is 1.44. The van der Waals surface area contributed by atoms with Gasteiger partial charge in [-0.1, -0.05) is 13.3 Å². The van der Waals surface area contributed by atoms with E-state index in [1.165, 1.54) is 19.3 Å². The molecule has 2 fully saturated rings. The number of carbonyl (C=O) groups excluding carboxylic acids is 1. The minimum atomic E-state index is 0.0258. The highest BCUT2D eigenvalue weighted by Gasteiger charge is 2.39. The molecule has 15 heavy (non-hydrogen) atoms. The maximum Gasteiger partial charge on any atom is 0.240 e. The van der Waals surface area contributed by atoms with Gasteiger partial charge in [-0.25, -0.2) is 0 Å². The maximum atomic E-state index is 11.9. The highest BCUT2D eigenvalue weighted by molar-refractivity contribution is 7.99. The molecule has 1 saturated heterocycles. The van der Waals surface area contributed by atoms with Crippen molar-refractivity contribution >= 4 is 17.7 Å². The minimum Gasteiger partial charge on any atom is -0.324 e. The number of nitrogens with one attached hydrogen (secondary N) is 1. The summed E-state index contributed by atoms with van der Waals surface area (Å²) < 4.78 is 0. The van der Waals surface area contributed by atoms with Crippen LogP contribution in [0, 0.1) is 0 Å². The van der Waals surface area contributed by atoms with Gasteiger partial charge in [-0.05, 0) is 25.5 Å². The van der Waals surface area contributed by atoms with E-state index >= 15 is 0 Å². The first-order valence-electron chi connectivity index (χ1n) is 5.89. The van der Waals surface area contributed by atoms with Gasteiger partial charge >= 0.3 is 0 Å². The van der Waals surface area contributed by atoms with Gasteiger partial charge in [0, 0.05) is 11.3 Å². The molecule has 3 nitrogen and oxygen atoms in total. The van der Waals surface area contributed by atoms with Crippen molar-refractivity contribution in [3.63, 3.8) is 0 Å². The lowest BCUT2D eigenvalue weighted by Gasteiger charge is -2.28. The van der Waals surface area contributed by atoms with Crippen molar-refractivity contribution in [3.8, 4) is 0 Å². The summed E-state index contributed by atoms with van der Waals surface area (Å²) in [5.41, 5.74) is 0. The molecule has 1 heterocycles. The van der Waals surface area contributed by atoms with Gasteiger partial charge < -0.3 is 4.90 Å². The average molecular weight is 228 g/mol. The largest absolute Gasteiger partial charge is 0.324 e. The third-order valence-electron chi connectivity index (χ3n) is 3.42. The topological polar surface area (TPSA) is 32.3 Å². The molecule has 0 aromatic carbocycles. The van der Waals surface area contributed by atoms with Gasteiger partial charge in [-0.2, -0.15) is 11.8 Å². The van der Waals surface area contributed by atoms with Crippen LogP contribution in [0.15, 0.2) is 0 Å². The molecule has 86 valence electrons. The number of nitrogens with zero attached hydrogens (tertiary/aromatic N) is 1. The van der Waals surface area contributed by atoms with Crippen LogP contribution in [0.3, 0.4) is 0 Å². The first kappa shape index (κ1) is 11.3. The van der Waals surface area contributed by atoms with Crippen molar-refractivity contribution in [1.82, 2.24) is 10.2 Å². The number of carbonyl (C=O) groups is 1. The summed E-state index contributed by atoms with van der Waals surface area (Å²) in [5.74, 6) is 1.45. The van der Waals surface area contributed by atoms with E-state index in [-0.39, 0.29) is 6.04 Å². The van der Waals surface area contributed by atoms with Crippen molar-refractivity contribution in [1.29, 1.82) is 0 Å². The summed E-state index contributed by atoms with van der Waals surface area (Å²) in [6, 6.07) is 0.512. The lowest BCUT2D eigenvalue weighted by Crippen LogP contribution is -2.41. The second-order valence-corrected chi connectivity index (χ2v) is 5.90. The SMILES string of the molecule is CCSC1CCCC1N1CNC(C)C1=O. The number of amides is 1. The Morgan fingerprint density at radius 3 is 2.93 bits per heavy atom. The zero-order valence-electron chi connectivity index (χ0n) is 9.53. The first-order valence-corrected chi connectivity index (χ1v) is 6.94. The number of thioether (sulfide) groups is 1. The second-order valence-electron chi connectivity index (χ2n) is 4.38. The summed E-state index contributed by atoms with van der Waals surface area (Å²) >= 11 is 2.02. The van der Waals surface area contributed by atoms with Crippen LogP contribution in [0.2, 0.25) is 0 Å². The Kier molecular flexibility index (Phi) is 3.57. The van der Waals surface area contributed by atoms with Gasteiger partial charge in [-0.3, -0.25) is 10.1 Å². The molecule has 1 aliphatic carbocycles. The molecule has 1 N–H and O–H groups in total. The number of rotatable bonds is 3. The van der Waals surface area contributed by atoms with Crippen LogP contribution in [-0.2, 0) is 4.79 Å². The third-order valence-corrected chi connectivity index (χ3v) is 4.73. The van der Waals surface area contributed by atoms with Crippen LogP contribution < -0.4 is 5.32 Å². The van der Waals surface area contributed by atoms with Crippen LogP contribution in [0.4, 0.5) is 0 Å². The Balaban J connectivity index is 2.00. The molecule has 2 aliphatic rings. The van der Waals surface area contributed by atoms with Crippen molar-refractivity contribution in [2.75, 3.05) is 12.4 Å².